The Morgan fingerprint density at radius 2 is 2.08 bits per heavy atom. The van der Waals surface area contributed by atoms with Gasteiger partial charge in [0.05, 0.1) is 12.0 Å². The number of hydrogen-bond acceptors (Lipinski definition) is 2. The molecule has 2 rings (SSSR count). The maximum absolute atomic E-state index is 5.77. The van der Waals surface area contributed by atoms with Crippen LogP contribution in [-0.2, 0) is 4.74 Å². The fourth-order valence-electron chi connectivity index (χ4n) is 1.20. The zero-order valence-corrected chi connectivity index (χ0v) is 8.07. The van der Waals surface area contributed by atoms with Gasteiger partial charge < -0.3 is 4.74 Å². The minimum atomic E-state index is 0.271. The summed E-state index contributed by atoms with van der Waals surface area (Å²) in [5, 5.41) is 0.782. The summed E-state index contributed by atoms with van der Waals surface area (Å²) in [5.41, 5.74) is 1.23. The van der Waals surface area contributed by atoms with Crippen LogP contribution in [0, 0.1) is 0 Å². The molecule has 1 aromatic carbocycles. The molecule has 1 nitrogen and oxygen atoms in total. The van der Waals surface area contributed by atoms with Crippen LogP contribution in [0.5, 0.6) is 0 Å². The van der Waals surface area contributed by atoms with Crippen LogP contribution in [0.1, 0.15) is 11.7 Å². The summed E-state index contributed by atoms with van der Waals surface area (Å²) in [6.07, 6.45) is 0.271. The summed E-state index contributed by atoms with van der Waals surface area (Å²) < 4.78 is 5.50. The first-order chi connectivity index (χ1) is 5.86. The topological polar surface area (TPSA) is 9.23 Å². The van der Waals surface area contributed by atoms with Gasteiger partial charge in [-0.05, 0) is 17.7 Å². The van der Waals surface area contributed by atoms with E-state index in [1.54, 1.807) is 0 Å². The van der Waals surface area contributed by atoms with Gasteiger partial charge in [-0.1, -0.05) is 23.7 Å². The number of thioether (sulfide) groups is 1. The zero-order valence-electron chi connectivity index (χ0n) is 6.50. The van der Waals surface area contributed by atoms with Gasteiger partial charge in [0.1, 0.15) is 0 Å². The van der Waals surface area contributed by atoms with Crippen LogP contribution < -0.4 is 0 Å². The van der Waals surface area contributed by atoms with Crippen molar-refractivity contribution in [1.29, 1.82) is 0 Å². The van der Waals surface area contributed by atoms with E-state index in [1.165, 1.54) is 5.56 Å². The fraction of sp³-hybridized carbons (Fsp3) is 0.333. The summed E-state index contributed by atoms with van der Waals surface area (Å²) in [6, 6.07) is 7.87. The van der Waals surface area contributed by atoms with Gasteiger partial charge in [0, 0.05) is 10.8 Å². The van der Waals surface area contributed by atoms with Crippen LogP contribution in [0.25, 0.3) is 0 Å². The number of halogens is 1. The lowest BCUT2D eigenvalue weighted by atomic mass is 10.1. The molecule has 0 bridgehead atoms. The Morgan fingerprint density at radius 3 is 2.67 bits per heavy atom. The van der Waals surface area contributed by atoms with Gasteiger partial charge in [-0.2, -0.15) is 0 Å². The van der Waals surface area contributed by atoms with Crippen molar-refractivity contribution in [3.05, 3.63) is 34.9 Å². The van der Waals surface area contributed by atoms with Crippen LogP contribution >= 0.6 is 23.4 Å². The highest BCUT2D eigenvalue weighted by molar-refractivity contribution is 7.99. The molecule has 1 aliphatic rings. The quantitative estimate of drug-likeness (QED) is 0.689. The molecule has 0 radical (unpaired) electrons. The standard InChI is InChI=1S/C9H9ClOS/c10-8-3-1-7(2-4-8)9-5-12-6-11-9/h1-4,9H,5-6H2. The van der Waals surface area contributed by atoms with Crippen LogP contribution in [0.2, 0.25) is 5.02 Å². The lowest BCUT2D eigenvalue weighted by Crippen LogP contribution is -1.97. The van der Waals surface area contributed by atoms with E-state index < -0.39 is 0 Å². The highest BCUT2D eigenvalue weighted by atomic mass is 35.5. The van der Waals surface area contributed by atoms with E-state index in [0.717, 1.165) is 16.7 Å². The van der Waals surface area contributed by atoms with E-state index in [9.17, 15) is 0 Å². The molecule has 1 aliphatic heterocycles. The predicted molar refractivity (Wildman–Crippen MR) is 52.6 cm³/mol. The van der Waals surface area contributed by atoms with E-state index in [1.807, 2.05) is 36.0 Å². The summed E-state index contributed by atoms with van der Waals surface area (Å²) in [6.45, 7) is 0. The summed E-state index contributed by atoms with van der Waals surface area (Å²) in [4.78, 5) is 0. The second-order valence-corrected chi connectivity index (χ2v) is 4.11. The minimum absolute atomic E-state index is 0.271. The Kier molecular flexibility index (Phi) is 2.59. The third kappa shape index (κ3) is 1.76. The smallest absolute Gasteiger partial charge is 0.0930 e. The molecule has 1 atom stereocenters. The SMILES string of the molecule is Clc1ccc(C2CSCO2)cc1. The largest absolute Gasteiger partial charge is 0.362 e. The third-order valence-electron chi connectivity index (χ3n) is 1.86. The molecular weight excluding hydrogens is 192 g/mol. The Balaban J connectivity index is 2.17. The van der Waals surface area contributed by atoms with Crippen molar-refractivity contribution >= 4 is 23.4 Å². The van der Waals surface area contributed by atoms with Crippen molar-refractivity contribution in [2.24, 2.45) is 0 Å². The van der Waals surface area contributed by atoms with Gasteiger partial charge in [-0.25, -0.2) is 0 Å². The fourth-order valence-corrected chi connectivity index (χ4v) is 2.19. The normalized spacial score (nSPS) is 22.9. The molecule has 0 aliphatic carbocycles. The van der Waals surface area contributed by atoms with Gasteiger partial charge in [0.25, 0.3) is 0 Å². The molecule has 0 aromatic heterocycles. The zero-order chi connectivity index (χ0) is 8.39. The molecule has 0 amide bonds. The van der Waals surface area contributed by atoms with E-state index in [0.29, 0.717) is 0 Å². The molecule has 3 heteroatoms. The molecular formula is C9H9ClOS. The second-order valence-electron chi connectivity index (χ2n) is 2.70. The minimum Gasteiger partial charge on any atom is -0.362 e. The molecule has 64 valence electrons. The monoisotopic (exact) mass is 200 g/mol. The molecule has 0 N–H and O–H groups in total. The van der Waals surface area contributed by atoms with Gasteiger partial charge in [0.2, 0.25) is 0 Å². The van der Waals surface area contributed by atoms with Crippen molar-refractivity contribution < 1.29 is 4.74 Å². The first-order valence-corrected chi connectivity index (χ1v) is 5.34. The molecule has 1 aromatic rings. The Bertz CT molecular complexity index is 254. The number of ether oxygens (including phenoxy) is 1. The van der Waals surface area contributed by atoms with Crippen molar-refractivity contribution in [1.82, 2.24) is 0 Å². The molecule has 1 fully saturated rings. The Labute approximate surface area is 81.1 Å². The molecule has 1 heterocycles. The molecule has 12 heavy (non-hydrogen) atoms. The van der Waals surface area contributed by atoms with E-state index >= 15 is 0 Å². The summed E-state index contributed by atoms with van der Waals surface area (Å²) in [7, 11) is 0. The maximum atomic E-state index is 5.77. The lowest BCUT2D eigenvalue weighted by Gasteiger charge is -2.07. The van der Waals surface area contributed by atoms with Crippen molar-refractivity contribution in [2.75, 3.05) is 11.7 Å². The van der Waals surface area contributed by atoms with Crippen LogP contribution in [-0.4, -0.2) is 11.7 Å². The van der Waals surface area contributed by atoms with E-state index in [-0.39, 0.29) is 6.10 Å². The van der Waals surface area contributed by atoms with E-state index in [4.69, 9.17) is 16.3 Å². The van der Waals surface area contributed by atoms with Gasteiger partial charge in [-0.3, -0.25) is 0 Å². The van der Waals surface area contributed by atoms with E-state index in [2.05, 4.69) is 0 Å². The first kappa shape index (κ1) is 8.42. The van der Waals surface area contributed by atoms with Crippen molar-refractivity contribution in [3.63, 3.8) is 0 Å². The van der Waals surface area contributed by atoms with Crippen LogP contribution in [0.4, 0.5) is 0 Å². The average Bonchev–Trinajstić information content (AvgIpc) is 2.58. The molecule has 0 spiro atoms. The molecule has 1 saturated heterocycles. The average molecular weight is 201 g/mol. The highest BCUT2D eigenvalue weighted by Crippen LogP contribution is 2.29. The highest BCUT2D eigenvalue weighted by Gasteiger charge is 2.17. The van der Waals surface area contributed by atoms with Gasteiger partial charge >= 0.3 is 0 Å². The number of hydrogen-bond donors (Lipinski definition) is 0. The number of rotatable bonds is 1. The maximum Gasteiger partial charge on any atom is 0.0930 e. The summed E-state index contributed by atoms with van der Waals surface area (Å²) >= 11 is 7.60. The van der Waals surface area contributed by atoms with Crippen molar-refractivity contribution in [2.45, 2.75) is 6.10 Å². The first-order valence-electron chi connectivity index (χ1n) is 3.81. The van der Waals surface area contributed by atoms with Crippen LogP contribution in [0.15, 0.2) is 24.3 Å². The lowest BCUT2D eigenvalue weighted by molar-refractivity contribution is 0.125. The summed E-state index contributed by atoms with van der Waals surface area (Å²) in [5.74, 6) is 1.87. The number of benzene rings is 1. The van der Waals surface area contributed by atoms with Gasteiger partial charge in [0.15, 0.2) is 0 Å². The molecule has 1 unspecified atom stereocenters. The molecule has 0 saturated carbocycles. The van der Waals surface area contributed by atoms with Gasteiger partial charge in [-0.15, -0.1) is 11.8 Å². The second kappa shape index (κ2) is 3.69. The predicted octanol–water partition coefficient (Wildman–Crippen LogP) is 3.10. The third-order valence-corrected chi connectivity index (χ3v) is 2.96. The van der Waals surface area contributed by atoms with Crippen LogP contribution in [0.3, 0.4) is 0 Å². The van der Waals surface area contributed by atoms with Crippen molar-refractivity contribution in [3.8, 4) is 0 Å². The Hall–Kier alpha value is -0.180. The Morgan fingerprint density at radius 1 is 1.33 bits per heavy atom.